The Morgan fingerprint density at radius 2 is 1.88 bits per heavy atom. The number of nitrogens with zero attached hydrogens (tertiary/aromatic N) is 4. The van der Waals surface area contributed by atoms with Crippen molar-refractivity contribution in [2.45, 2.75) is 0 Å². The lowest BCUT2D eigenvalue weighted by molar-refractivity contribution is -0.119. The van der Waals surface area contributed by atoms with E-state index in [4.69, 9.17) is 0 Å². The number of nitrogens with one attached hydrogen (secondary N) is 1. The van der Waals surface area contributed by atoms with Gasteiger partial charge in [-0.05, 0) is 12.1 Å². The number of aromatic nitrogens is 2. The number of hydrogen-bond donors (Lipinski definition) is 1. The van der Waals surface area contributed by atoms with Crippen LogP contribution in [0, 0.1) is 11.6 Å². The summed E-state index contributed by atoms with van der Waals surface area (Å²) in [7, 11) is 0. The summed E-state index contributed by atoms with van der Waals surface area (Å²) in [5.74, 6) is -1.48. The highest BCUT2D eigenvalue weighted by Crippen LogP contribution is 2.19. The predicted octanol–water partition coefficient (Wildman–Crippen LogP) is 1.41. The SMILES string of the molecule is O=CN1CCN(C(=O)c2cnc(Nc3ccc(F)cc3F)cn2)CC1. The van der Waals surface area contributed by atoms with E-state index in [1.807, 2.05) is 0 Å². The maximum atomic E-state index is 13.6. The minimum atomic E-state index is -0.755. The van der Waals surface area contributed by atoms with Crippen LogP contribution in [0.4, 0.5) is 20.3 Å². The Morgan fingerprint density at radius 3 is 2.48 bits per heavy atom. The number of carbonyl (C=O) groups excluding carboxylic acids is 2. The first-order valence-corrected chi connectivity index (χ1v) is 7.59. The zero-order chi connectivity index (χ0) is 17.8. The quantitative estimate of drug-likeness (QED) is 0.846. The van der Waals surface area contributed by atoms with E-state index in [2.05, 4.69) is 15.3 Å². The molecule has 0 bridgehead atoms. The molecule has 2 amide bonds. The van der Waals surface area contributed by atoms with Crippen molar-refractivity contribution in [1.29, 1.82) is 0 Å². The number of amides is 2. The average Bonchev–Trinajstić information content (AvgIpc) is 2.64. The summed E-state index contributed by atoms with van der Waals surface area (Å²) < 4.78 is 26.5. The summed E-state index contributed by atoms with van der Waals surface area (Å²) >= 11 is 0. The van der Waals surface area contributed by atoms with Crippen LogP contribution in [0.1, 0.15) is 10.5 Å². The molecule has 2 heterocycles. The molecule has 1 aliphatic heterocycles. The van der Waals surface area contributed by atoms with Gasteiger partial charge in [-0.15, -0.1) is 0 Å². The molecule has 0 radical (unpaired) electrons. The van der Waals surface area contributed by atoms with Crippen LogP contribution in [0.25, 0.3) is 0 Å². The van der Waals surface area contributed by atoms with Crippen LogP contribution < -0.4 is 5.32 Å². The number of anilines is 2. The fourth-order valence-electron chi connectivity index (χ4n) is 2.42. The van der Waals surface area contributed by atoms with Crippen molar-refractivity contribution in [2.75, 3.05) is 31.5 Å². The lowest BCUT2D eigenvalue weighted by Crippen LogP contribution is -2.48. The van der Waals surface area contributed by atoms with Crippen molar-refractivity contribution in [3.05, 3.63) is 47.9 Å². The highest BCUT2D eigenvalue weighted by atomic mass is 19.1. The lowest BCUT2D eigenvalue weighted by Gasteiger charge is -2.32. The normalized spacial score (nSPS) is 14.3. The number of piperazine rings is 1. The Morgan fingerprint density at radius 1 is 1.12 bits per heavy atom. The van der Waals surface area contributed by atoms with E-state index in [0.717, 1.165) is 18.5 Å². The van der Waals surface area contributed by atoms with Gasteiger partial charge in [-0.25, -0.2) is 18.7 Å². The van der Waals surface area contributed by atoms with Crippen LogP contribution in [0.2, 0.25) is 0 Å². The molecule has 1 aromatic heterocycles. The topological polar surface area (TPSA) is 78.4 Å². The fraction of sp³-hybridized carbons (Fsp3) is 0.250. The molecule has 7 nitrogen and oxygen atoms in total. The van der Waals surface area contributed by atoms with Gasteiger partial charge in [0.2, 0.25) is 6.41 Å². The predicted molar refractivity (Wildman–Crippen MR) is 85.2 cm³/mol. The first kappa shape index (κ1) is 16.7. The van der Waals surface area contributed by atoms with E-state index in [-0.39, 0.29) is 23.1 Å². The van der Waals surface area contributed by atoms with Gasteiger partial charge in [0.15, 0.2) is 0 Å². The molecule has 0 atom stereocenters. The van der Waals surface area contributed by atoms with E-state index in [0.29, 0.717) is 26.2 Å². The Kier molecular flexibility index (Phi) is 4.82. The minimum absolute atomic E-state index is 0.0553. The summed E-state index contributed by atoms with van der Waals surface area (Å²) in [6.07, 6.45) is 3.35. The summed E-state index contributed by atoms with van der Waals surface area (Å²) in [5, 5.41) is 2.67. The monoisotopic (exact) mass is 347 g/mol. The number of hydrogen-bond acceptors (Lipinski definition) is 5. The van der Waals surface area contributed by atoms with Gasteiger partial charge in [0, 0.05) is 32.2 Å². The molecule has 3 rings (SSSR count). The second-order valence-corrected chi connectivity index (χ2v) is 5.47. The maximum Gasteiger partial charge on any atom is 0.274 e. The van der Waals surface area contributed by atoms with Gasteiger partial charge in [-0.1, -0.05) is 0 Å². The van der Waals surface area contributed by atoms with Crippen molar-refractivity contribution in [3.63, 3.8) is 0 Å². The molecular formula is C16H15F2N5O2. The maximum absolute atomic E-state index is 13.6. The van der Waals surface area contributed by atoms with Crippen molar-refractivity contribution in [1.82, 2.24) is 19.8 Å². The van der Waals surface area contributed by atoms with E-state index >= 15 is 0 Å². The summed E-state index contributed by atoms with van der Waals surface area (Å²) in [5.41, 5.74) is 0.212. The molecule has 0 aliphatic carbocycles. The zero-order valence-electron chi connectivity index (χ0n) is 13.2. The summed E-state index contributed by atoms with van der Waals surface area (Å²) in [6, 6.07) is 3.13. The third kappa shape index (κ3) is 3.87. The molecule has 0 spiro atoms. The van der Waals surface area contributed by atoms with Crippen molar-refractivity contribution < 1.29 is 18.4 Å². The highest BCUT2D eigenvalue weighted by Gasteiger charge is 2.22. The number of rotatable bonds is 4. The fourth-order valence-corrected chi connectivity index (χ4v) is 2.42. The van der Waals surface area contributed by atoms with Gasteiger partial charge < -0.3 is 15.1 Å². The molecule has 1 saturated heterocycles. The van der Waals surface area contributed by atoms with Gasteiger partial charge in [0.05, 0.1) is 18.1 Å². The van der Waals surface area contributed by atoms with Gasteiger partial charge in [-0.2, -0.15) is 0 Å². The Balaban J connectivity index is 1.65. The summed E-state index contributed by atoms with van der Waals surface area (Å²) in [4.78, 5) is 34.3. The molecule has 0 saturated carbocycles. The van der Waals surface area contributed by atoms with Gasteiger partial charge in [0.25, 0.3) is 5.91 Å². The largest absolute Gasteiger partial charge is 0.342 e. The van der Waals surface area contributed by atoms with Gasteiger partial charge in [0.1, 0.15) is 23.1 Å². The third-order valence-electron chi connectivity index (χ3n) is 3.82. The molecule has 130 valence electrons. The minimum Gasteiger partial charge on any atom is -0.342 e. The molecule has 9 heteroatoms. The van der Waals surface area contributed by atoms with E-state index in [9.17, 15) is 18.4 Å². The Labute approximate surface area is 142 Å². The molecule has 0 unspecified atom stereocenters. The van der Waals surface area contributed by atoms with E-state index in [1.54, 1.807) is 9.80 Å². The second-order valence-electron chi connectivity index (χ2n) is 5.47. The van der Waals surface area contributed by atoms with Crippen LogP contribution in [0.5, 0.6) is 0 Å². The molecule has 2 aromatic rings. The van der Waals surface area contributed by atoms with Crippen molar-refractivity contribution >= 4 is 23.8 Å². The number of halogens is 2. The first-order chi connectivity index (χ1) is 12.1. The standard InChI is InChI=1S/C16H15F2N5O2/c17-11-1-2-13(12(18)7-11)21-15-9-19-14(8-20-15)16(25)23-5-3-22(10-24)4-6-23/h1-2,7-10H,3-6H2,(H,20,21). The second kappa shape index (κ2) is 7.20. The smallest absolute Gasteiger partial charge is 0.274 e. The summed E-state index contributed by atoms with van der Waals surface area (Å²) in [6.45, 7) is 1.82. The molecular weight excluding hydrogens is 332 g/mol. The number of benzene rings is 1. The molecule has 1 fully saturated rings. The van der Waals surface area contributed by atoms with Crippen molar-refractivity contribution in [2.24, 2.45) is 0 Å². The van der Waals surface area contributed by atoms with Gasteiger partial charge >= 0.3 is 0 Å². The van der Waals surface area contributed by atoms with E-state index in [1.165, 1.54) is 18.5 Å². The number of carbonyl (C=O) groups is 2. The zero-order valence-corrected chi connectivity index (χ0v) is 13.2. The highest BCUT2D eigenvalue weighted by molar-refractivity contribution is 5.92. The van der Waals surface area contributed by atoms with Crippen LogP contribution >= 0.6 is 0 Å². The first-order valence-electron chi connectivity index (χ1n) is 7.59. The van der Waals surface area contributed by atoms with Gasteiger partial charge in [-0.3, -0.25) is 9.59 Å². The lowest BCUT2D eigenvalue weighted by atomic mass is 10.3. The molecule has 1 aliphatic rings. The van der Waals surface area contributed by atoms with Crippen LogP contribution in [0.3, 0.4) is 0 Å². The van der Waals surface area contributed by atoms with Crippen LogP contribution in [-0.4, -0.2) is 58.3 Å². The van der Waals surface area contributed by atoms with Crippen molar-refractivity contribution in [3.8, 4) is 0 Å². The van der Waals surface area contributed by atoms with Crippen LogP contribution in [-0.2, 0) is 4.79 Å². The molecule has 1 aromatic carbocycles. The Hall–Kier alpha value is -3.10. The Bertz CT molecular complexity index is 777. The third-order valence-corrected chi connectivity index (χ3v) is 3.82. The molecule has 1 N–H and O–H groups in total. The molecule has 25 heavy (non-hydrogen) atoms. The van der Waals surface area contributed by atoms with E-state index < -0.39 is 11.6 Å². The average molecular weight is 347 g/mol. The van der Waals surface area contributed by atoms with Crippen LogP contribution in [0.15, 0.2) is 30.6 Å².